The van der Waals surface area contributed by atoms with E-state index in [0.717, 1.165) is 0 Å². The molecule has 0 aliphatic carbocycles. The maximum atomic E-state index is 12.6. The van der Waals surface area contributed by atoms with Crippen molar-refractivity contribution < 1.29 is 14.6 Å². The van der Waals surface area contributed by atoms with Gasteiger partial charge in [0.2, 0.25) is 0 Å². The number of rotatable bonds is 4. The van der Waals surface area contributed by atoms with E-state index in [1.807, 2.05) is 52.0 Å². The molecule has 3 rings (SSSR count). The van der Waals surface area contributed by atoms with Crippen LogP contribution in [0.5, 0.6) is 0 Å². The van der Waals surface area contributed by atoms with Crippen molar-refractivity contribution in [2.75, 3.05) is 13.1 Å². The van der Waals surface area contributed by atoms with Crippen LogP contribution >= 0.6 is 0 Å². The molecule has 1 amide bonds. The van der Waals surface area contributed by atoms with Crippen LogP contribution in [0.2, 0.25) is 0 Å². The van der Waals surface area contributed by atoms with Gasteiger partial charge in [0, 0.05) is 30.3 Å². The van der Waals surface area contributed by atoms with Crippen molar-refractivity contribution in [3.8, 4) is 6.07 Å². The Labute approximate surface area is 190 Å². The summed E-state index contributed by atoms with van der Waals surface area (Å²) in [6, 6.07) is 11.8. The molecule has 2 heterocycles. The van der Waals surface area contributed by atoms with E-state index in [9.17, 15) is 15.2 Å². The van der Waals surface area contributed by atoms with E-state index in [2.05, 4.69) is 24.9 Å². The average Bonchev–Trinajstić information content (AvgIpc) is 2.69. The van der Waals surface area contributed by atoms with Crippen molar-refractivity contribution in [1.29, 1.82) is 5.26 Å². The highest BCUT2D eigenvalue weighted by molar-refractivity contribution is 5.70. The summed E-state index contributed by atoms with van der Waals surface area (Å²) in [5.41, 5.74) is 0.750. The molecule has 1 aromatic heterocycles. The monoisotopic (exact) mass is 435 g/mol. The van der Waals surface area contributed by atoms with E-state index in [4.69, 9.17) is 4.74 Å². The molecule has 1 atom stereocenters. The molecule has 170 valence electrons. The second kappa shape index (κ2) is 8.22. The molecule has 1 fully saturated rings. The van der Waals surface area contributed by atoms with Crippen LogP contribution in [0, 0.1) is 23.7 Å². The largest absolute Gasteiger partial charge is 0.444 e. The molecule has 1 saturated heterocycles. The Morgan fingerprint density at radius 1 is 1.22 bits per heavy atom. The summed E-state index contributed by atoms with van der Waals surface area (Å²) in [4.78, 5) is 18.5. The van der Waals surface area contributed by atoms with Gasteiger partial charge in [0.05, 0.1) is 11.3 Å². The van der Waals surface area contributed by atoms with Crippen LogP contribution in [0.15, 0.2) is 36.5 Å². The molecule has 1 N–H and O–H groups in total. The highest BCUT2D eigenvalue weighted by Gasteiger charge is 2.58. The molecule has 1 aliphatic heterocycles. The molecular formula is C26H33N3O3. The number of nitriles is 1. The van der Waals surface area contributed by atoms with Crippen molar-refractivity contribution in [2.24, 2.45) is 5.41 Å². The standard InChI is InChI=1S/C26H33N3O3/c1-17(2)19-8-10-21(11-9-19)26(31,22-12-20(13-27)18(3)28-14-22)25(7)15-29(16-25)23(30)32-24(4,5)6/h8-12,14,17,31H,15-16H2,1-7H3. The van der Waals surface area contributed by atoms with Gasteiger partial charge in [0.25, 0.3) is 0 Å². The zero-order valence-corrected chi connectivity index (χ0v) is 20.1. The Morgan fingerprint density at radius 3 is 2.31 bits per heavy atom. The number of amides is 1. The number of pyridine rings is 1. The molecule has 1 unspecified atom stereocenters. The van der Waals surface area contributed by atoms with E-state index in [1.165, 1.54) is 5.56 Å². The van der Waals surface area contributed by atoms with Crippen LogP contribution in [0.1, 0.15) is 75.4 Å². The fourth-order valence-corrected chi connectivity index (χ4v) is 4.30. The third-order valence-electron chi connectivity index (χ3n) is 6.23. The molecule has 1 aromatic carbocycles. The Hall–Kier alpha value is -2.91. The molecule has 2 aromatic rings. The van der Waals surface area contributed by atoms with Crippen molar-refractivity contribution in [3.63, 3.8) is 0 Å². The van der Waals surface area contributed by atoms with Gasteiger partial charge in [0.15, 0.2) is 0 Å². The molecule has 6 heteroatoms. The smallest absolute Gasteiger partial charge is 0.410 e. The quantitative estimate of drug-likeness (QED) is 0.740. The van der Waals surface area contributed by atoms with Crippen LogP contribution in [0.25, 0.3) is 0 Å². The van der Waals surface area contributed by atoms with E-state index < -0.39 is 22.7 Å². The summed E-state index contributed by atoms with van der Waals surface area (Å²) >= 11 is 0. The van der Waals surface area contributed by atoms with Gasteiger partial charge in [0.1, 0.15) is 17.3 Å². The van der Waals surface area contributed by atoms with Gasteiger partial charge in [-0.25, -0.2) is 4.79 Å². The van der Waals surface area contributed by atoms with E-state index in [0.29, 0.717) is 41.4 Å². The Morgan fingerprint density at radius 2 is 1.81 bits per heavy atom. The lowest BCUT2D eigenvalue weighted by molar-refractivity contribution is -0.131. The third-order valence-corrected chi connectivity index (χ3v) is 6.23. The number of aliphatic hydroxyl groups is 1. The van der Waals surface area contributed by atoms with Gasteiger partial charge in [-0.2, -0.15) is 5.26 Å². The molecule has 32 heavy (non-hydrogen) atoms. The number of nitrogens with zero attached hydrogens (tertiary/aromatic N) is 3. The van der Waals surface area contributed by atoms with Gasteiger partial charge in [-0.15, -0.1) is 0 Å². The number of likely N-dealkylation sites (tertiary alicyclic amines) is 1. The maximum absolute atomic E-state index is 12.6. The van der Waals surface area contributed by atoms with Gasteiger partial charge in [-0.05, 0) is 50.8 Å². The lowest BCUT2D eigenvalue weighted by Gasteiger charge is -2.56. The van der Waals surface area contributed by atoms with E-state index in [1.54, 1.807) is 24.1 Å². The number of hydrogen-bond donors (Lipinski definition) is 1. The zero-order chi connectivity index (χ0) is 23.9. The predicted octanol–water partition coefficient (Wildman–Crippen LogP) is 4.88. The predicted molar refractivity (Wildman–Crippen MR) is 123 cm³/mol. The highest BCUT2D eigenvalue weighted by atomic mass is 16.6. The summed E-state index contributed by atoms with van der Waals surface area (Å²) in [6.07, 6.45) is 1.24. The molecule has 6 nitrogen and oxygen atoms in total. The minimum atomic E-state index is -1.44. The van der Waals surface area contributed by atoms with Gasteiger partial charge in [-0.1, -0.05) is 45.0 Å². The number of ether oxygens (including phenoxy) is 1. The lowest BCUT2D eigenvalue weighted by Crippen LogP contribution is -2.66. The van der Waals surface area contributed by atoms with Gasteiger partial charge >= 0.3 is 6.09 Å². The van der Waals surface area contributed by atoms with Crippen molar-refractivity contribution in [1.82, 2.24) is 9.88 Å². The minimum absolute atomic E-state index is 0.320. The fraction of sp³-hybridized carbons (Fsp3) is 0.500. The summed E-state index contributed by atoms with van der Waals surface area (Å²) in [5, 5.41) is 21.8. The van der Waals surface area contributed by atoms with Crippen LogP contribution in [0.3, 0.4) is 0 Å². The SMILES string of the molecule is Cc1ncc(C(O)(c2ccc(C(C)C)cc2)C2(C)CN(C(=O)OC(C)(C)C)C2)cc1C#N. The average molecular weight is 436 g/mol. The van der Waals surface area contributed by atoms with Crippen LogP contribution in [-0.4, -0.2) is 39.8 Å². The molecule has 0 spiro atoms. The lowest BCUT2D eigenvalue weighted by atomic mass is 9.62. The summed E-state index contributed by atoms with van der Waals surface area (Å²) in [5.74, 6) is 0.366. The van der Waals surface area contributed by atoms with Gasteiger partial charge in [-0.3, -0.25) is 4.98 Å². The molecule has 0 bridgehead atoms. The first-order chi connectivity index (χ1) is 14.8. The Balaban J connectivity index is 2.04. The van der Waals surface area contributed by atoms with Gasteiger partial charge < -0.3 is 14.7 Å². The van der Waals surface area contributed by atoms with Crippen LogP contribution in [0.4, 0.5) is 4.79 Å². The molecule has 0 saturated carbocycles. The number of benzene rings is 1. The zero-order valence-electron chi connectivity index (χ0n) is 20.1. The topological polar surface area (TPSA) is 86.5 Å². The van der Waals surface area contributed by atoms with Crippen molar-refractivity contribution >= 4 is 6.09 Å². The first kappa shape index (κ1) is 23.7. The highest BCUT2D eigenvalue weighted by Crippen LogP contribution is 2.51. The summed E-state index contributed by atoms with van der Waals surface area (Å²) in [6.45, 7) is 14.1. The number of hydrogen-bond acceptors (Lipinski definition) is 5. The molecule has 0 radical (unpaired) electrons. The second-order valence-corrected chi connectivity index (χ2v) is 10.4. The summed E-state index contributed by atoms with van der Waals surface area (Å²) in [7, 11) is 0. The number of aryl methyl sites for hydroxylation is 1. The fourth-order valence-electron chi connectivity index (χ4n) is 4.30. The van der Waals surface area contributed by atoms with Crippen LogP contribution < -0.4 is 0 Å². The Kier molecular flexibility index (Phi) is 6.10. The van der Waals surface area contributed by atoms with Crippen molar-refractivity contribution in [3.05, 3.63) is 64.5 Å². The van der Waals surface area contributed by atoms with Crippen molar-refractivity contribution in [2.45, 2.75) is 65.6 Å². The number of carbonyl (C=O) groups excluding carboxylic acids is 1. The van der Waals surface area contributed by atoms with E-state index in [-0.39, 0.29) is 0 Å². The minimum Gasteiger partial charge on any atom is -0.444 e. The first-order valence-electron chi connectivity index (χ1n) is 11.0. The third kappa shape index (κ3) is 4.22. The normalized spacial score (nSPS) is 17.3. The maximum Gasteiger partial charge on any atom is 0.410 e. The number of aromatic nitrogens is 1. The van der Waals surface area contributed by atoms with Crippen LogP contribution in [-0.2, 0) is 10.3 Å². The Bertz CT molecular complexity index is 1040. The number of carbonyl (C=O) groups is 1. The first-order valence-corrected chi connectivity index (χ1v) is 11.0. The molecule has 1 aliphatic rings. The second-order valence-electron chi connectivity index (χ2n) is 10.4. The molecular weight excluding hydrogens is 402 g/mol. The summed E-state index contributed by atoms with van der Waals surface area (Å²) < 4.78 is 5.50. The van der Waals surface area contributed by atoms with E-state index >= 15 is 0 Å².